The van der Waals surface area contributed by atoms with E-state index in [1.807, 2.05) is 6.92 Å². The van der Waals surface area contributed by atoms with E-state index >= 15 is 0 Å². The van der Waals surface area contributed by atoms with Crippen LogP contribution in [0.5, 0.6) is 0 Å². The minimum atomic E-state index is -0.827. The predicted molar refractivity (Wildman–Crippen MR) is 80.9 cm³/mol. The summed E-state index contributed by atoms with van der Waals surface area (Å²) in [5.41, 5.74) is 0. The summed E-state index contributed by atoms with van der Waals surface area (Å²) < 4.78 is 0. The molecule has 0 aromatic rings. The fourth-order valence-corrected chi connectivity index (χ4v) is 3.68. The number of carboxylic acids is 1. The highest BCUT2D eigenvalue weighted by atomic mass is 16.4. The van der Waals surface area contributed by atoms with Gasteiger partial charge in [0.1, 0.15) is 0 Å². The van der Waals surface area contributed by atoms with Gasteiger partial charge in [-0.2, -0.15) is 0 Å². The number of carbonyl (C=O) groups excluding carboxylic acids is 1. The van der Waals surface area contributed by atoms with Gasteiger partial charge in [-0.25, -0.2) is 0 Å². The van der Waals surface area contributed by atoms with Crippen LogP contribution in [0.1, 0.15) is 45.4 Å². The van der Waals surface area contributed by atoms with Crippen molar-refractivity contribution < 1.29 is 14.7 Å². The second-order valence-electron chi connectivity index (χ2n) is 6.67. The molecule has 5 heteroatoms. The third-order valence-electron chi connectivity index (χ3n) is 4.88. The Labute approximate surface area is 127 Å². The van der Waals surface area contributed by atoms with E-state index in [0.717, 1.165) is 19.6 Å². The summed E-state index contributed by atoms with van der Waals surface area (Å²) in [6.45, 7) is 5.78. The molecule has 1 saturated heterocycles. The number of nitrogens with one attached hydrogen (secondary N) is 1. The Kier molecular flexibility index (Phi) is 6.03. The molecule has 2 fully saturated rings. The van der Waals surface area contributed by atoms with Crippen LogP contribution in [0, 0.1) is 17.8 Å². The maximum absolute atomic E-state index is 12.2. The number of likely N-dealkylation sites (tertiary alicyclic amines) is 1. The van der Waals surface area contributed by atoms with Gasteiger partial charge < -0.3 is 15.3 Å². The van der Waals surface area contributed by atoms with Crippen molar-refractivity contribution in [1.82, 2.24) is 10.2 Å². The molecule has 1 aliphatic heterocycles. The van der Waals surface area contributed by atoms with Gasteiger partial charge in [0.2, 0.25) is 5.91 Å². The molecule has 120 valence electrons. The fourth-order valence-electron chi connectivity index (χ4n) is 3.68. The third kappa shape index (κ3) is 4.70. The Morgan fingerprint density at radius 1 is 1.10 bits per heavy atom. The van der Waals surface area contributed by atoms with Gasteiger partial charge in [-0.15, -0.1) is 0 Å². The molecule has 0 spiro atoms. The van der Waals surface area contributed by atoms with Gasteiger partial charge in [0.25, 0.3) is 0 Å². The number of hydrogen-bond donors (Lipinski definition) is 2. The van der Waals surface area contributed by atoms with Gasteiger partial charge in [-0.05, 0) is 44.7 Å². The van der Waals surface area contributed by atoms with Crippen molar-refractivity contribution in [1.29, 1.82) is 0 Å². The van der Waals surface area contributed by atoms with Crippen molar-refractivity contribution >= 4 is 11.9 Å². The van der Waals surface area contributed by atoms with Crippen LogP contribution in [-0.4, -0.2) is 48.1 Å². The van der Waals surface area contributed by atoms with E-state index in [1.165, 1.54) is 25.7 Å². The van der Waals surface area contributed by atoms with Gasteiger partial charge in [-0.3, -0.25) is 9.59 Å². The van der Waals surface area contributed by atoms with Crippen molar-refractivity contribution in [2.75, 3.05) is 26.2 Å². The second kappa shape index (κ2) is 7.78. The first-order valence-corrected chi connectivity index (χ1v) is 8.31. The Morgan fingerprint density at radius 2 is 1.71 bits per heavy atom. The van der Waals surface area contributed by atoms with E-state index < -0.39 is 11.9 Å². The first-order chi connectivity index (χ1) is 10.1. The molecule has 0 aromatic heterocycles. The number of nitrogens with zero attached hydrogens (tertiary/aromatic N) is 1. The molecule has 1 saturated carbocycles. The van der Waals surface area contributed by atoms with Crippen LogP contribution in [0.25, 0.3) is 0 Å². The lowest BCUT2D eigenvalue weighted by molar-refractivity contribution is -0.146. The minimum absolute atomic E-state index is 0.0680. The molecule has 0 radical (unpaired) electrons. The van der Waals surface area contributed by atoms with Crippen molar-refractivity contribution in [3.63, 3.8) is 0 Å². The normalized spacial score (nSPS) is 30.8. The molecule has 1 aliphatic carbocycles. The van der Waals surface area contributed by atoms with Crippen LogP contribution >= 0.6 is 0 Å². The smallest absolute Gasteiger partial charge is 0.307 e. The number of rotatable bonds is 5. The van der Waals surface area contributed by atoms with E-state index in [4.69, 9.17) is 0 Å². The van der Waals surface area contributed by atoms with E-state index in [1.54, 1.807) is 0 Å². The Bertz CT molecular complexity index is 365. The van der Waals surface area contributed by atoms with Crippen molar-refractivity contribution in [2.45, 2.75) is 45.4 Å². The monoisotopic (exact) mass is 296 g/mol. The molecular formula is C16H28N2O3. The lowest BCUT2D eigenvalue weighted by atomic mass is 9.95. The van der Waals surface area contributed by atoms with Gasteiger partial charge in [-0.1, -0.05) is 19.8 Å². The van der Waals surface area contributed by atoms with E-state index in [0.29, 0.717) is 25.3 Å². The molecule has 0 aromatic carbocycles. The highest BCUT2D eigenvalue weighted by Gasteiger charge is 2.40. The van der Waals surface area contributed by atoms with Crippen molar-refractivity contribution in [3.05, 3.63) is 0 Å². The highest BCUT2D eigenvalue weighted by Crippen LogP contribution is 2.36. The summed E-state index contributed by atoms with van der Waals surface area (Å²) in [6.07, 6.45) is 6.43. The maximum Gasteiger partial charge on any atom is 0.307 e. The number of hydrogen-bond acceptors (Lipinski definition) is 3. The fraction of sp³-hybridized carbons (Fsp3) is 0.875. The summed E-state index contributed by atoms with van der Waals surface area (Å²) in [4.78, 5) is 25.9. The number of aliphatic carboxylic acids is 1. The summed E-state index contributed by atoms with van der Waals surface area (Å²) in [6, 6.07) is 0. The van der Waals surface area contributed by atoms with Crippen LogP contribution in [0.3, 0.4) is 0 Å². The van der Waals surface area contributed by atoms with Crippen molar-refractivity contribution in [3.8, 4) is 0 Å². The highest BCUT2D eigenvalue weighted by molar-refractivity contribution is 5.85. The zero-order chi connectivity index (χ0) is 15.2. The summed E-state index contributed by atoms with van der Waals surface area (Å²) in [5, 5.41) is 12.2. The first-order valence-electron chi connectivity index (χ1n) is 8.31. The molecule has 1 heterocycles. The van der Waals surface area contributed by atoms with E-state index in [2.05, 4.69) is 10.2 Å². The quantitative estimate of drug-likeness (QED) is 0.810. The predicted octanol–water partition coefficient (Wildman–Crippen LogP) is 1.73. The SMILES string of the molecule is CC1C[C@H](C(=O)NCCN2CCCCCC2)[C@H](C(=O)O)C1. The molecule has 2 rings (SSSR count). The van der Waals surface area contributed by atoms with Gasteiger partial charge in [0.15, 0.2) is 0 Å². The molecule has 1 amide bonds. The zero-order valence-corrected chi connectivity index (χ0v) is 13.0. The van der Waals surface area contributed by atoms with Crippen molar-refractivity contribution in [2.24, 2.45) is 17.8 Å². The number of carboxylic acid groups (broad SMARTS) is 1. The summed E-state index contributed by atoms with van der Waals surface area (Å²) in [5.74, 6) is -1.42. The lowest BCUT2D eigenvalue weighted by Crippen LogP contribution is -2.40. The largest absolute Gasteiger partial charge is 0.481 e. The van der Waals surface area contributed by atoms with Crippen LogP contribution in [0.4, 0.5) is 0 Å². The third-order valence-corrected chi connectivity index (χ3v) is 4.88. The Hall–Kier alpha value is -1.10. The molecule has 2 aliphatic rings. The van der Waals surface area contributed by atoms with E-state index in [-0.39, 0.29) is 11.8 Å². The summed E-state index contributed by atoms with van der Waals surface area (Å²) in [7, 11) is 0. The lowest BCUT2D eigenvalue weighted by Gasteiger charge is -2.21. The summed E-state index contributed by atoms with van der Waals surface area (Å²) >= 11 is 0. The first kappa shape index (κ1) is 16.3. The molecule has 3 atom stereocenters. The Morgan fingerprint density at radius 3 is 2.33 bits per heavy atom. The van der Waals surface area contributed by atoms with Crippen LogP contribution in [0.2, 0.25) is 0 Å². The van der Waals surface area contributed by atoms with E-state index in [9.17, 15) is 14.7 Å². The number of carbonyl (C=O) groups is 2. The number of amides is 1. The Balaban J connectivity index is 1.74. The van der Waals surface area contributed by atoms with Crippen LogP contribution in [-0.2, 0) is 9.59 Å². The van der Waals surface area contributed by atoms with Gasteiger partial charge in [0.05, 0.1) is 11.8 Å². The molecule has 5 nitrogen and oxygen atoms in total. The topological polar surface area (TPSA) is 69.6 Å². The van der Waals surface area contributed by atoms with Crippen LogP contribution in [0.15, 0.2) is 0 Å². The van der Waals surface area contributed by atoms with Crippen LogP contribution < -0.4 is 5.32 Å². The zero-order valence-electron chi connectivity index (χ0n) is 13.0. The molecule has 0 bridgehead atoms. The molecule has 1 unspecified atom stereocenters. The average molecular weight is 296 g/mol. The molecule has 21 heavy (non-hydrogen) atoms. The second-order valence-corrected chi connectivity index (χ2v) is 6.67. The molecular weight excluding hydrogens is 268 g/mol. The maximum atomic E-state index is 12.2. The molecule has 2 N–H and O–H groups in total. The van der Waals surface area contributed by atoms with Gasteiger partial charge >= 0.3 is 5.97 Å². The van der Waals surface area contributed by atoms with Gasteiger partial charge in [0, 0.05) is 13.1 Å². The average Bonchev–Trinajstić information content (AvgIpc) is 2.67. The minimum Gasteiger partial charge on any atom is -0.481 e. The standard InChI is InChI=1S/C16H28N2O3/c1-12-10-13(14(11-12)16(20)21)15(19)17-6-9-18-7-4-2-3-5-8-18/h12-14H,2-11H2,1H3,(H,17,19)(H,20,21)/t12?,13-,14+/m0/s1.